The van der Waals surface area contributed by atoms with Gasteiger partial charge in [-0.3, -0.25) is 0 Å². The lowest BCUT2D eigenvalue weighted by molar-refractivity contribution is -0.893. The van der Waals surface area contributed by atoms with Crippen LogP contribution in [0.5, 0.6) is 5.75 Å². The number of fused-ring (bicyclic) bond motifs is 3. The summed E-state index contributed by atoms with van der Waals surface area (Å²) in [7, 11) is 6.26. The van der Waals surface area contributed by atoms with E-state index in [9.17, 15) is 0 Å². The van der Waals surface area contributed by atoms with Crippen molar-refractivity contribution in [1.82, 2.24) is 0 Å². The molecule has 0 bridgehead atoms. The largest absolute Gasteiger partial charge is 0.497 e. The molecule has 0 aromatic heterocycles. The van der Waals surface area contributed by atoms with Gasteiger partial charge in [0.2, 0.25) is 0 Å². The number of anilines is 1. The predicted octanol–water partition coefficient (Wildman–Crippen LogP) is 0.647. The van der Waals surface area contributed by atoms with Gasteiger partial charge in [0.05, 0.1) is 26.1 Å². The molecule has 3 atom stereocenters. The van der Waals surface area contributed by atoms with Crippen LogP contribution >= 0.6 is 0 Å². The first-order chi connectivity index (χ1) is 8.08. The molecule has 1 unspecified atom stereocenters. The van der Waals surface area contributed by atoms with Crippen LogP contribution in [0.3, 0.4) is 0 Å². The molecule has 2 heterocycles. The fraction of sp³-hybridized carbons (Fsp3) is 0.571. The number of likely N-dealkylation sites (N-methyl/N-ethyl adjacent to an activating group) is 2. The van der Waals surface area contributed by atoms with Crippen LogP contribution in [0.1, 0.15) is 18.9 Å². The van der Waals surface area contributed by atoms with E-state index in [0.29, 0.717) is 6.17 Å². The number of quaternary nitrogens is 1. The summed E-state index contributed by atoms with van der Waals surface area (Å²) in [4.78, 5) is 4.06. The zero-order valence-corrected chi connectivity index (χ0v) is 11.1. The third-order valence-electron chi connectivity index (χ3n) is 4.70. The molecular formula is C14H21N2O+. The molecular weight excluding hydrogens is 212 g/mol. The van der Waals surface area contributed by atoms with E-state index in [1.165, 1.54) is 24.2 Å². The Labute approximate surface area is 103 Å². The van der Waals surface area contributed by atoms with Crippen molar-refractivity contribution in [3.8, 4) is 5.75 Å². The van der Waals surface area contributed by atoms with Crippen LogP contribution in [-0.2, 0) is 5.41 Å². The number of hydrogen-bond donors (Lipinski definition) is 1. The minimum Gasteiger partial charge on any atom is -0.497 e. The fourth-order valence-corrected chi connectivity index (χ4v) is 3.86. The van der Waals surface area contributed by atoms with Gasteiger partial charge in [-0.15, -0.1) is 0 Å². The first-order valence-corrected chi connectivity index (χ1v) is 6.31. The minimum absolute atomic E-state index is 0.280. The monoisotopic (exact) mass is 233 g/mol. The van der Waals surface area contributed by atoms with Crippen molar-refractivity contribution in [2.45, 2.75) is 24.9 Å². The molecule has 1 aromatic carbocycles. The number of benzene rings is 1. The van der Waals surface area contributed by atoms with Crippen molar-refractivity contribution in [2.24, 2.45) is 0 Å². The van der Waals surface area contributed by atoms with Gasteiger partial charge in [-0.25, -0.2) is 0 Å². The normalized spacial score (nSPS) is 34.7. The summed E-state index contributed by atoms with van der Waals surface area (Å²) in [5.41, 5.74) is 3.11. The van der Waals surface area contributed by atoms with Gasteiger partial charge in [-0.1, -0.05) is 0 Å². The highest BCUT2D eigenvalue weighted by Crippen LogP contribution is 2.47. The third-order valence-corrected chi connectivity index (χ3v) is 4.70. The Morgan fingerprint density at radius 3 is 2.94 bits per heavy atom. The summed E-state index contributed by atoms with van der Waals surface area (Å²) in [5, 5.41) is 0. The molecule has 0 amide bonds. The van der Waals surface area contributed by atoms with E-state index in [4.69, 9.17) is 4.74 Å². The van der Waals surface area contributed by atoms with E-state index >= 15 is 0 Å². The van der Waals surface area contributed by atoms with Crippen molar-refractivity contribution in [3.63, 3.8) is 0 Å². The maximum atomic E-state index is 5.37. The van der Waals surface area contributed by atoms with Crippen molar-refractivity contribution in [2.75, 3.05) is 32.6 Å². The van der Waals surface area contributed by atoms with E-state index < -0.39 is 0 Å². The molecule has 1 N–H and O–H groups in total. The zero-order valence-electron chi connectivity index (χ0n) is 11.1. The van der Waals surface area contributed by atoms with Crippen LogP contribution in [0.4, 0.5) is 5.69 Å². The standard InChI is InChI=1S/C14H20N2O/c1-14-7-8-15(2)13(14)16(3)12-6-5-10(17-4)9-11(12)14/h5-6,9,13H,7-8H2,1-4H3/p+1/t13-,14+/m0/s1. The number of rotatable bonds is 1. The highest BCUT2D eigenvalue weighted by Gasteiger charge is 2.55. The molecule has 92 valence electrons. The lowest BCUT2D eigenvalue weighted by atomic mass is 9.81. The Balaban J connectivity index is 2.15. The van der Waals surface area contributed by atoms with E-state index in [-0.39, 0.29) is 5.41 Å². The number of nitrogens with one attached hydrogen (secondary N) is 1. The van der Waals surface area contributed by atoms with Crippen LogP contribution in [0.15, 0.2) is 18.2 Å². The molecule has 3 rings (SSSR count). The van der Waals surface area contributed by atoms with Crippen molar-refractivity contribution in [3.05, 3.63) is 23.8 Å². The van der Waals surface area contributed by atoms with E-state index in [1.807, 2.05) is 0 Å². The summed E-state index contributed by atoms with van der Waals surface area (Å²) < 4.78 is 5.37. The Morgan fingerprint density at radius 1 is 1.47 bits per heavy atom. The molecule has 1 aromatic rings. The number of likely N-dealkylation sites (tertiary alicyclic amines) is 1. The van der Waals surface area contributed by atoms with Crippen molar-refractivity contribution >= 4 is 5.69 Å². The second-order valence-corrected chi connectivity index (χ2v) is 5.66. The molecule has 2 aliphatic rings. The molecule has 3 heteroatoms. The van der Waals surface area contributed by atoms with Crippen LogP contribution in [-0.4, -0.2) is 33.9 Å². The third kappa shape index (κ3) is 1.26. The van der Waals surface area contributed by atoms with Crippen LogP contribution in [0, 0.1) is 0 Å². The molecule has 2 aliphatic heterocycles. The van der Waals surface area contributed by atoms with Gasteiger partial charge >= 0.3 is 0 Å². The number of methoxy groups -OCH3 is 1. The topological polar surface area (TPSA) is 16.9 Å². The number of ether oxygens (including phenoxy) is 1. The highest BCUT2D eigenvalue weighted by atomic mass is 16.5. The van der Waals surface area contributed by atoms with Gasteiger partial charge in [-0.05, 0) is 30.7 Å². The predicted molar refractivity (Wildman–Crippen MR) is 68.9 cm³/mol. The van der Waals surface area contributed by atoms with Crippen molar-refractivity contribution < 1.29 is 9.64 Å². The maximum Gasteiger partial charge on any atom is 0.172 e. The smallest absolute Gasteiger partial charge is 0.172 e. The number of hydrogen-bond acceptors (Lipinski definition) is 2. The lowest BCUT2D eigenvalue weighted by Gasteiger charge is -2.28. The van der Waals surface area contributed by atoms with E-state index in [2.05, 4.69) is 44.1 Å². The first kappa shape index (κ1) is 10.9. The second-order valence-electron chi connectivity index (χ2n) is 5.66. The average Bonchev–Trinajstić information content (AvgIpc) is 2.75. The van der Waals surface area contributed by atoms with E-state index in [0.717, 1.165) is 5.75 Å². The van der Waals surface area contributed by atoms with Gasteiger partial charge in [-0.2, -0.15) is 0 Å². The van der Waals surface area contributed by atoms with Gasteiger partial charge in [0.25, 0.3) is 0 Å². The molecule has 0 aliphatic carbocycles. The molecule has 0 radical (unpaired) electrons. The maximum absolute atomic E-state index is 5.37. The van der Waals surface area contributed by atoms with Crippen LogP contribution in [0.25, 0.3) is 0 Å². The Kier molecular flexibility index (Phi) is 2.17. The first-order valence-electron chi connectivity index (χ1n) is 6.31. The van der Waals surface area contributed by atoms with Crippen LogP contribution in [0.2, 0.25) is 0 Å². The Morgan fingerprint density at radius 2 is 2.24 bits per heavy atom. The minimum atomic E-state index is 0.280. The molecule has 17 heavy (non-hydrogen) atoms. The van der Waals surface area contributed by atoms with E-state index in [1.54, 1.807) is 12.0 Å². The average molecular weight is 233 g/mol. The molecule has 3 nitrogen and oxygen atoms in total. The Bertz CT molecular complexity index is 460. The molecule has 1 fully saturated rings. The fourth-order valence-electron chi connectivity index (χ4n) is 3.86. The van der Waals surface area contributed by atoms with Crippen LogP contribution < -0.4 is 14.5 Å². The van der Waals surface area contributed by atoms with Gasteiger partial charge in [0.15, 0.2) is 6.17 Å². The summed E-state index contributed by atoms with van der Waals surface area (Å²) in [6.45, 7) is 3.65. The quantitative estimate of drug-likeness (QED) is 0.767. The number of nitrogens with zero attached hydrogens (tertiary/aromatic N) is 1. The van der Waals surface area contributed by atoms with Gasteiger partial charge < -0.3 is 14.5 Å². The summed E-state index contributed by atoms with van der Waals surface area (Å²) >= 11 is 0. The van der Waals surface area contributed by atoms with Crippen molar-refractivity contribution in [1.29, 1.82) is 0 Å². The zero-order chi connectivity index (χ0) is 12.2. The highest BCUT2D eigenvalue weighted by molar-refractivity contribution is 5.65. The molecule has 1 saturated heterocycles. The lowest BCUT2D eigenvalue weighted by Crippen LogP contribution is -3.13. The molecule has 0 spiro atoms. The van der Waals surface area contributed by atoms with Gasteiger partial charge in [0.1, 0.15) is 5.75 Å². The SMILES string of the molecule is COc1ccc2c(c1)[C@@]1(C)CC[NH+](C)[C@H]1N2C. The summed E-state index contributed by atoms with van der Waals surface area (Å²) in [5.74, 6) is 0.976. The summed E-state index contributed by atoms with van der Waals surface area (Å²) in [6.07, 6.45) is 1.83. The van der Waals surface area contributed by atoms with Gasteiger partial charge in [0, 0.05) is 19.2 Å². The molecule has 0 saturated carbocycles. The summed E-state index contributed by atoms with van der Waals surface area (Å²) in [6, 6.07) is 6.49. The Hall–Kier alpha value is -1.22. The second kappa shape index (κ2) is 3.39.